The van der Waals surface area contributed by atoms with Crippen molar-refractivity contribution in [1.29, 1.82) is 0 Å². The summed E-state index contributed by atoms with van der Waals surface area (Å²) >= 11 is 0. The summed E-state index contributed by atoms with van der Waals surface area (Å²) in [6.45, 7) is 1.96. The van der Waals surface area contributed by atoms with E-state index in [9.17, 15) is 4.79 Å². The van der Waals surface area contributed by atoms with E-state index in [2.05, 4.69) is 5.32 Å². The van der Waals surface area contributed by atoms with Crippen LogP contribution < -0.4 is 10.0 Å². The van der Waals surface area contributed by atoms with E-state index in [1.54, 1.807) is 12.1 Å². The summed E-state index contributed by atoms with van der Waals surface area (Å²) in [7, 11) is 0. The van der Waals surface area contributed by atoms with Gasteiger partial charge in [0.25, 0.3) is 0 Å². The molecule has 0 radical (unpaired) electrons. The standard InChI is InChI=1S/C8H10N2O2/c1-7(11)9-6-8-2-4-10(12)5-3-8/h2-5H,6H2,1H3,(H-,9,11,12)/p+1. The van der Waals surface area contributed by atoms with E-state index in [1.807, 2.05) is 0 Å². The van der Waals surface area contributed by atoms with Crippen molar-refractivity contribution in [3.8, 4) is 0 Å². The largest absolute Gasteiger partial charge is 0.352 e. The maximum Gasteiger partial charge on any atom is 0.222 e. The molecule has 0 atom stereocenters. The number of hydrogen-bond acceptors (Lipinski definition) is 2. The lowest BCUT2D eigenvalue weighted by atomic mass is 10.3. The highest BCUT2D eigenvalue weighted by atomic mass is 16.5. The molecule has 1 aromatic heterocycles. The van der Waals surface area contributed by atoms with Crippen molar-refractivity contribution in [2.24, 2.45) is 0 Å². The summed E-state index contributed by atoms with van der Waals surface area (Å²) < 4.78 is 0.956. The number of nitrogens with one attached hydrogen (secondary N) is 1. The van der Waals surface area contributed by atoms with Crippen molar-refractivity contribution in [3.63, 3.8) is 0 Å². The van der Waals surface area contributed by atoms with Crippen LogP contribution in [0.15, 0.2) is 24.5 Å². The highest BCUT2D eigenvalue weighted by Crippen LogP contribution is 1.92. The molecule has 0 saturated heterocycles. The Labute approximate surface area is 70.4 Å². The highest BCUT2D eigenvalue weighted by molar-refractivity contribution is 5.72. The fourth-order valence-electron chi connectivity index (χ4n) is 0.794. The first-order chi connectivity index (χ1) is 5.68. The van der Waals surface area contributed by atoms with E-state index in [4.69, 9.17) is 5.21 Å². The first kappa shape index (κ1) is 8.52. The van der Waals surface area contributed by atoms with Crippen LogP contribution in [0.5, 0.6) is 0 Å². The number of pyridine rings is 1. The molecule has 0 bridgehead atoms. The molecule has 64 valence electrons. The molecule has 12 heavy (non-hydrogen) atoms. The first-order valence-corrected chi connectivity index (χ1v) is 3.62. The molecule has 0 unspecified atom stereocenters. The van der Waals surface area contributed by atoms with E-state index >= 15 is 0 Å². The normalized spacial score (nSPS) is 9.42. The van der Waals surface area contributed by atoms with Crippen LogP contribution in [0.3, 0.4) is 0 Å². The van der Waals surface area contributed by atoms with E-state index in [1.165, 1.54) is 19.3 Å². The lowest BCUT2D eigenvalue weighted by molar-refractivity contribution is -0.904. The molecule has 4 heteroatoms. The van der Waals surface area contributed by atoms with Crippen molar-refractivity contribution in [2.75, 3.05) is 0 Å². The molecule has 1 rings (SSSR count). The lowest BCUT2D eigenvalue weighted by Gasteiger charge is -1.98. The Hall–Kier alpha value is -1.58. The maximum atomic E-state index is 10.5. The van der Waals surface area contributed by atoms with Crippen LogP contribution in [0, 0.1) is 0 Å². The second-order valence-electron chi connectivity index (χ2n) is 2.50. The predicted octanol–water partition coefficient (Wildman–Crippen LogP) is -0.153. The van der Waals surface area contributed by atoms with Crippen molar-refractivity contribution in [2.45, 2.75) is 13.5 Å². The van der Waals surface area contributed by atoms with Gasteiger partial charge in [-0.15, -0.1) is 0 Å². The number of aromatic nitrogens is 1. The van der Waals surface area contributed by atoms with Gasteiger partial charge in [0, 0.05) is 30.3 Å². The molecule has 0 aliphatic rings. The van der Waals surface area contributed by atoms with E-state index in [0.29, 0.717) is 6.54 Å². The molecule has 0 aromatic carbocycles. The third-order valence-electron chi connectivity index (χ3n) is 1.42. The van der Waals surface area contributed by atoms with Gasteiger partial charge in [0.2, 0.25) is 18.3 Å². The molecular weight excluding hydrogens is 156 g/mol. The van der Waals surface area contributed by atoms with Crippen LogP contribution in [0.1, 0.15) is 12.5 Å². The number of carbonyl (C=O) groups is 1. The Kier molecular flexibility index (Phi) is 2.63. The quantitative estimate of drug-likeness (QED) is 0.475. The van der Waals surface area contributed by atoms with Gasteiger partial charge in [-0.25, -0.2) is 0 Å². The Bertz CT molecular complexity index is 269. The number of nitrogens with zero attached hydrogens (tertiary/aromatic N) is 1. The Morgan fingerprint density at radius 3 is 2.67 bits per heavy atom. The predicted molar refractivity (Wildman–Crippen MR) is 41.3 cm³/mol. The van der Waals surface area contributed by atoms with E-state index < -0.39 is 0 Å². The summed E-state index contributed by atoms with van der Waals surface area (Å²) in [5, 5.41) is 11.5. The van der Waals surface area contributed by atoms with Gasteiger partial charge in [-0.3, -0.25) is 10.0 Å². The molecule has 1 aromatic rings. The van der Waals surface area contributed by atoms with Crippen LogP contribution in [0.2, 0.25) is 0 Å². The summed E-state index contributed by atoms with van der Waals surface area (Å²) in [6, 6.07) is 3.46. The Morgan fingerprint density at radius 2 is 2.17 bits per heavy atom. The minimum atomic E-state index is -0.0595. The van der Waals surface area contributed by atoms with Gasteiger partial charge >= 0.3 is 0 Å². The maximum absolute atomic E-state index is 10.5. The molecule has 4 nitrogen and oxygen atoms in total. The highest BCUT2D eigenvalue weighted by Gasteiger charge is 1.97. The molecule has 0 spiro atoms. The van der Waals surface area contributed by atoms with Gasteiger partial charge in [0.1, 0.15) is 0 Å². The van der Waals surface area contributed by atoms with Crippen LogP contribution in [-0.2, 0) is 11.3 Å². The van der Waals surface area contributed by atoms with Gasteiger partial charge in [-0.2, -0.15) is 0 Å². The molecule has 0 saturated carbocycles. The number of hydrogen-bond donors (Lipinski definition) is 2. The van der Waals surface area contributed by atoms with Gasteiger partial charge in [-0.1, -0.05) is 0 Å². The molecule has 0 aliphatic heterocycles. The van der Waals surface area contributed by atoms with Crippen molar-refractivity contribution in [3.05, 3.63) is 30.1 Å². The minimum Gasteiger partial charge on any atom is -0.352 e. The van der Waals surface area contributed by atoms with Crippen LogP contribution >= 0.6 is 0 Å². The third-order valence-corrected chi connectivity index (χ3v) is 1.42. The first-order valence-electron chi connectivity index (χ1n) is 3.62. The average molecular weight is 167 g/mol. The van der Waals surface area contributed by atoms with E-state index in [-0.39, 0.29) is 5.91 Å². The van der Waals surface area contributed by atoms with Crippen molar-refractivity contribution in [1.82, 2.24) is 5.32 Å². The monoisotopic (exact) mass is 167 g/mol. The Balaban J connectivity index is 2.53. The second-order valence-corrected chi connectivity index (χ2v) is 2.50. The minimum absolute atomic E-state index is 0.0595. The second kappa shape index (κ2) is 3.71. The summed E-state index contributed by atoms with van der Waals surface area (Å²) in [4.78, 5) is 10.5. The zero-order chi connectivity index (χ0) is 8.97. The zero-order valence-corrected chi connectivity index (χ0v) is 6.82. The van der Waals surface area contributed by atoms with Gasteiger partial charge in [0.05, 0.1) is 0 Å². The fourth-order valence-corrected chi connectivity index (χ4v) is 0.794. The van der Waals surface area contributed by atoms with Crippen LogP contribution in [0.25, 0.3) is 0 Å². The van der Waals surface area contributed by atoms with Crippen LogP contribution in [0.4, 0.5) is 0 Å². The summed E-state index contributed by atoms with van der Waals surface area (Å²) in [5.41, 5.74) is 0.954. The average Bonchev–Trinajstić information content (AvgIpc) is 2.03. The molecule has 0 fully saturated rings. The molecule has 0 aliphatic carbocycles. The lowest BCUT2D eigenvalue weighted by Crippen LogP contribution is -2.28. The van der Waals surface area contributed by atoms with Gasteiger partial charge in [-0.05, 0) is 5.56 Å². The molecular formula is C8H11N2O2+. The summed E-state index contributed by atoms with van der Waals surface area (Å²) in [5.74, 6) is -0.0595. The van der Waals surface area contributed by atoms with E-state index in [0.717, 1.165) is 10.3 Å². The number of rotatable bonds is 2. The molecule has 1 amide bonds. The smallest absolute Gasteiger partial charge is 0.222 e. The fraction of sp³-hybridized carbons (Fsp3) is 0.250. The third kappa shape index (κ3) is 2.57. The van der Waals surface area contributed by atoms with Gasteiger partial charge < -0.3 is 5.32 Å². The van der Waals surface area contributed by atoms with Crippen molar-refractivity contribution >= 4 is 5.91 Å². The topological polar surface area (TPSA) is 53.2 Å². The Morgan fingerprint density at radius 1 is 1.58 bits per heavy atom. The number of amides is 1. The van der Waals surface area contributed by atoms with Crippen molar-refractivity contribution < 1.29 is 14.7 Å². The molecule has 1 heterocycles. The summed E-state index contributed by atoms with van der Waals surface area (Å²) in [6.07, 6.45) is 3.02. The number of carbonyl (C=O) groups excluding carboxylic acids is 1. The molecule has 2 N–H and O–H groups in total. The van der Waals surface area contributed by atoms with Gasteiger partial charge in [0.15, 0.2) is 0 Å². The zero-order valence-electron chi connectivity index (χ0n) is 6.82. The van der Waals surface area contributed by atoms with Crippen LogP contribution in [-0.4, -0.2) is 11.1 Å². The SMILES string of the molecule is CC(=O)NCc1cc[n+](O)cc1.